The van der Waals surface area contributed by atoms with Gasteiger partial charge in [0.1, 0.15) is 5.82 Å². The molecule has 7 heteroatoms. The molecule has 0 unspecified atom stereocenters. The van der Waals surface area contributed by atoms with Crippen molar-refractivity contribution in [1.82, 2.24) is 20.4 Å². The summed E-state index contributed by atoms with van der Waals surface area (Å²) in [4.78, 5) is 9.69. The monoisotopic (exact) mass is 503 g/mol. The summed E-state index contributed by atoms with van der Waals surface area (Å²) in [5.41, 5.74) is 0.710. The molecule has 0 spiro atoms. The van der Waals surface area contributed by atoms with E-state index in [1.807, 2.05) is 12.1 Å². The second-order valence-electron chi connectivity index (χ2n) is 7.88. The highest BCUT2D eigenvalue weighted by molar-refractivity contribution is 14.0. The van der Waals surface area contributed by atoms with Gasteiger partial charge in [-0.05, 0) is 58.0 Å². The Morgan fingerprint density at radius 3 is 2.64 bits per heavy atom. The van der Waals surface area contributed by atoms with Gasteiger partial charge in [0.15, 0.2) is 5.96 Å². The van der Waals surface area contributed by atoms with E-state index in [-0.39, 0.29) is 35.2 Å². The summed E-state index contributed by atoms with van der Waals surface area (Å²) in [5.74, 6) is 0.737. The zero-order valence-electron chi connectivity index (χ0n) is 17.2. The second-order valence-corrected chi connectivity index (χ2v) is 7.88. The maximum absolute atomic E-state index is 14.2. The fourth-order valence-electron chi connectivity index (χ4n) is 3.78. The van der Waals surface area contributed by atoms with Crippen molar-refractivity contribution < 1.29 is 4.39 Å². The van der Waals surface area contributed by atoms with Gasteiger partial charge in [0.2, 0.25) is 0 Å². The first kappa shape index (κ1) is 23.3. The first-order chi connectivity index (χ1) is 13.1. The van der Waals surface area contributed by atoms with Gasteiger partial charge in [0.05, 0.1) is 6.54 Å². The number of nitrogens with zero attached hydrogens (tertiary/aromatic N) is 3. The number of guanidine groups is 1. The zero-order chi connectivity index (χ0) is 19.1. The Hall–Kier alpha value is -0.930. The highest BCUT2D eigenvalue weighted by Gasteiger charge is 2.45. The van der Waals surface area contributed by atoms with Crippen LogP contribution in [0.1, 0.15) is 31.7 Å². The van der Waals surface area contributed by atoms with E-state index in [0.29, 0.717) is 6.54 Å². The average Bonchev–Trinajstić information content (AvgIpc) is 3.46. The molecule has 0 radical (unpaired) electrons. The third kappa shape index (κ3) is 6.56. The quantitative estimate of drug-likeness (QED) is 0.341. The minimum atomic E-state index is -0.108. The third-order valence-corrected chi connectivity index (χ3v) is 5.72. The van der Waals surface area contributed by atoms with Crippen molar-refractivity contribution in [3.63, 3.8) is 0 Å². The highest BCUT2D eigenvalue weighted by atomic mass is 127. The standard InChI is InChI=1S/C21H34FN5.HI/c1-3-23-20(24-11-14-27-13-6-12-26(2)15-16-27)25-17-21(9-10-21)18-7-4-5-8-19(18)22;/h4-5,7-8H,3,6,9-17H2,1-2H3,(H2,23,24,25);1H. The van der Waals surface area contributed by atoms with Crippen LogP contribution in [0.4, 0.5) is 4.39 Å². The van der Waals surface area contributed by atoms with Crippen LogP contribution >= 0.6 is 24.0 Å². The van der Waals surface area contributed by atoms with E-state index < -0.39 is 0 Å². The summed E-state index contributed by atoms with van der Waals surface area (Å²) in [6.45, 7) is 10.1. The summed E-state index contributed by atoms with van der Waals surface area (Å²) < 4.78 is 14.2. The van der Waals surface area contributed by atoms with Crippen LogP contribution in [-0.4, -0.2) is 75.2 Å². The van der Waals surface area contributed by atoms with E-state index in [0.717, 1.165) is 63.6 Å². The number of benzene rings is 1. The van der Waals surface area contributed by atoms with E-state index in [9.17, 15) is 4.39 Å². The molecule has 0 atom stereocenters. The molecule has 1 saturated carbocycles. The number of aliphatic imine (C=N–C) groups is 1. The fraction of sp³-hybridized carbons (Fsp3) is 0.667. The van der Waals surface area contributed by atoms with Crippen molar-refractivity contribution >= 4 is 29.9 Å². The predicted molar refractivity (Wildman–Crippen MR) is 125 cm³/mol. The summed E-state index contributed by atoms with van der Waals surface area (Å²) in [6.07, 6.45) is 3.26. The predicted octanol–water partition coefficient (Wildman–Crippen LogP) is 2.67. The van der Waals surface area contributed by atoms with Gasteiger partial charge in [-0.2, -0.15) is 0 Å². The van der Waals surface area contributed by atoms with Crippen LogP contribution in [-0.2, 0) is 5.41 Å². The fourth-order valence-corrected chi connectivity index (χ4v) is 3.78. The first-order valence-corrected chi connectivity index (χ1v) is 10.3. The van der Waals surface area contributed by atoms with E-state index in [1.54, 1.807) is 12.1 Å². The van der Waals surface area contributed by atoms with Crippen LogP contribution in [0.5, 0.6) is 0 Å². The molecule has 2 fully saturated rings. The van der Waals surface area contributed by atoms with Gasteiger partial charge < -0.3 is 20.4 Å². The van der Waals surface area contributed by atoms with Gasteiger partial charge in [0, 0.05) is 38.1 Å². The van der Waals surface area contributed by atoms with Crippen molar-refractivity contribution in [2.45, 2.75) is 31.6 Å². The third-order valence-electron chi connectivity index (χ3n) is 5.72. The smallest absolute Gasteiger partial charge is 0.191 e. The summed E-state index contributed by atoms with van der Waals surface area (Å²) >= 11 is 0. The van der Waals surface area contributed by atoms with Crippen molar-refractivity contribution in [1.29, 1.82) is 0 Å². The van der Waals surface area contributed by atoms with Crippen molar-refractivity contribution in [2.75, 3.05) is 59.4 Å². The molecule has 2 aliphatic rings. The molecular formula is C21H35FIN5. The number of halogens is 2. The van der Waals surface area contributed by atoms with Gasteiger partial charge in [-0.3, -0.25) is 4.99 Å². The van der Waals surface area contributed by atoms with E-state index in [2.05, 4.69) is 34.4 Å². The number of hydrogen-bond donors (Lipinski definition) is 2. The minimum Gasteiger partial charge on any atom is -0.357 e. The van der Waals surface area contributed by atoms with Gasteiger partial charge in [-0.15, -0.1) is 24.0 Å². The Morgan fingerprint density at radius 2 is 1.93 bits per heavy atom. The van der Waals surface area contributed by atoms with Crippen LogP contribution in [0.15, 0.2) is 29.3 Å². The SMILES string of the molecule is CCNC(=NCC1(c2ccccc2F)CC1)NCCN1CCCN(C)CC1.I. The van der Waals surface area contributed by atoms with Crippen molar-refractivity contribution in [3.8, 4) is 0 Å². The Kier molecular flexibility index (Phi) is 9.43. The van der Waals surface area contributed by atoms with Gasteiger partial charge >= 0.3 is 0 Å². The first-order valence-electron chi connectivity index (χ1n) is 10.3. The lowest BCUT2D eigenvalue weighted by Gasteiger charge is -2.21. The number of hydrogen-bond acceptors (Lipinski definition) is 3. The van der Waals surface area contributed by atoms with Gasteiger partial charge in [-0.25, -0.2) is 4.39 Å². The van der Waals surface area contributed by atoms with Crippen LogP contribution in [0.25, 0.3) is 0 Å². The van der Waals surface area contributed by atoms with Gasteiger partial charge in [-0.1, -0.05) is 18.2 Å². The molecule has 1 aromatic carbocycles. The van der Waals surface area contributed by atoms with Crippen LogP contribution in [0.3, 0.4) is 0 Å². The minimum absolute atomic E-state index is 0. The van der Waals surface area contributed by atoms with Crippen molar-refractivity contribution in [2.24, 2.45) is 4.99 Å². The molecule has 1 aromatic rings. The Labute approximate surface area is 186 Å². The molecule has 1 aliphatic heterocycles. The number of rotatable bonds is 7. The lowest BCUT2D eigenvalue weighted by Crippen LogP contribution is -2.42. The zero-order valence-corrected chi connectivity index (χ0v) is 19.5. The van der Waals surface area contributed by atoms with Crippen LogP contribution in [0, 0.1) is 5.82 Å². The molecule has 158 valence electrons. The Bertz CT molecular complexity index is 635. The molecule has 3 rings (SSSR count). The largest absolute Gasteiger partial charge is 0.357 e. The maximum Gasteiger partial charge on any atom is 0.191 e. The summed E-state index contributed by atoms with van der Waals surface area (Å²) in [5, 5.41) is 6.78. The van der Waals surface area contributed by atoms with Crippen molar-refractivity contribution in [3.05, 3.63) is 35.6 Å². The molecular weight excluding hydrogens is 468 g/mol. The molecule has 1 aliphatic carbocycles. The van der Waals surface area contributed by atoms with Crippen LogP contribution < -0.4 is 10.6 Å². The normalized spacial score (nSPS) is 20.2. The maximum atomic E-state index is 14.2. The lowest BCUT2D eigenvalue weighted by molar-refractivity contribution is 0.280. The number of nitrogens with one attached hydrogen (secondary N) is 2. The Morgan fingerprint density at radius 1 is 1.14 bits per heavy atom. The molecule has 0 bridgehead atoms. The second kappa shape index (κ2) is 11.3. The van der Waals surface area contributed by atoms with Crippen LogP contribution in [0.2, 0.25) is 0 Å². The summed E-state index contributed by atoms with van der Waals surface area (Å²) in [7, 11) is 2.20. The van der Waals surface area contributed by atoms with Gasteiger partial charge in [0.25, 0.3) is 0 Å². The summed E-state index contributed by atoms with van der Waals surface area (Å²) in [6, 6.07) is 7.14. The molecule has 0 amide bonds. The highest BCUT2D eigenvalue weighted by Crippen LogP contribution is 2.49. The molecule has 2 N–H and O–H groups in total. The molecule has 28 heavy (non-hydrogen) atoms. The topological polar surface area (TPSA) is 42.9 Å². The molecule has 1 saturated heterocycles. The number of likely N-dealkylation sites (N-methyl/N-ethyl adjacent to an activating group) is 1. The van der Waals surface area contributed by atoms with E-state index in [1.165, 1.54) is 13.0 Å². The average molecular weight is 503 g/mol. The molecule has 0 aromatic heterocycles. The Balaban J connectivity index is 0.00000280. The lowest BCUT2D eigenvalue weighted by atomic mass is 9.95. The molecule has 5 nitrogen and oxygen atoms in total. The van der Waals surface area contributed by atoms with E-state index >= 15 is 0 Å². The molecule has 1 heterocycles. The van der Waals surface area contributed by atoms with E-state index in [4.69, 9.17) is 4.99 Å².